The van der Waals surface area contributed by atoms with Crippen molar-refractivity contribution in [1.82, 2.24) is 0 Å². The van der Waals surface area contributed by atoms with E-state index in [0.29, 0.717) is 35.2 Å². The van der Waals surface area contributed by atoms with E-state index in [1.54, 1.807) is 20.8 Å². The highest BCUT2D eigenvalue weighted by atomic mass is 31.1. The monoisotopic (exact) mass is 474 g/mol. The lowest BCUT2D eigenvalue weighted by Crippen LogP contribution is -2.14. The van der Waals surface area contributed by atoms with Gasteiger partial charge in [-0.05, 0) is 114 Å². The minimum atomic E-state index is -0.962. The molecule has 0 aliphatic carbocycles. The first kappa shape index (κ1) is 25.3. The first-order chi connectivity index (χ1) is 15.3. The Morgan fingerprint density at radius 3 is 2.36 bits per heavy atom. The highest BCUT2D eigenvalue weighted by Crippen LogP contribution is 2.46. The van der Waals surface area contributed by atoms with Crippen LogP contribution in [0, 0.1) is 26.6 Å². The molecule has 0 saturated carbocycles. The maximum Gasteiger partial charge on any atom is 0.307 e. The van der Waals surface area contributed by atoms with Gasteiger partial charge in [0.25, 0.3) is 0 Å². The third kappa shape index (κ3) is 5.28. The minimum absolute atomic E-state index is 0.0931. The number of benzene rings is 2. The Bertz CT molecular complexity index is 1130. The summed E-state index contributed by atoms with van der Waals surface area (Å²) in [6, 6.07) is 1.47. The summed E-state index contributed by atoms with van der Waals surface area (Å²) in [5, 5.41) is 18.0. The highest BCUT2D eigenvalue weighted by Gasteiger charge is 2.31. The van der Waals surface area contributed by atoms with E-state index in [9.17, 15) is 19.1 Å². The number of fused-ring (bicyclic) bond motifs is 2. The molecule has 2 heterocycles. The number of hydrogen-bond donors (Lipinski definition) is 2. The summed E-state index contributed by atoms with van der Waals surface area (Å²) in [4.78, 5) is 24.0. The lowest BCUT2D eigenvalue weighted by atomic mass is 9.81. The zero-order valence-electron chi connectivity index (χ0n) is 20.1. The lowest BCUT2D eigenvalue weighted by Gasteiger charge is -2.25. The summed E-state index contributed by atoms with van der Waals surface area (Å²) >= 11 is 0. The molecule has 178 valence electrons. The zero-order valence-corrected chi connectivity index (χ0v) is 21.1. The maximum atomic E-state index is 14.9. The minimum Gasteiger partial charge on any atom is -0.490 e. The van der Waals surface area contributed by atoms with Gasteiger partial charge in [0, 0.05) is 11.1 Å². The molecule has 5 nitrogen and oxygen atoms in total. The van der Waals surface area contributed by atoms with Gasteiger partial charge in [-0.3, -0.25) is 9.59 Å². The van der Waals surface area contributed by atoms with E-state index in [4.69, 9.17) is 9.84 Å². The molecule has 2 aromatic carbocycles. The summed E-state index contributed by atoms with van der Waals surface area (Å²) < 4.78 is 20.4. The Hall–Kier alpha value is -2.30. The maximum absolute atomic E-state index is 14.9. The van der Waals surface area contributed by atoms with Crippen LogP contribution in [-0.4, -0.2) is 33.9 Å². The molecular formula is C26H32FO5P. The number of aliphatic carboxylic acids is 1. The van der Waals surface area contributed by atoms with E-state index in [-0.39, 0.29) is 20.5 Å². The predicted molar refractivity (Wildman–Crippen MR) is 130 cm³/mol. The molecule has 0 fully saturated rings. The van der Waals surface area contributed by atoms with Gasteiger partial charge in [0.05, 0.1) is 18.6 Å². The Kier molecular flexibility index (Phi) is 7.30. The lowest BCUT2D eigenvalue weighted by molar-refractivity contribution is -0.136. The molecule has 2 N–H and O–H groups in total. The Labute approximate surface area is 196 Å². The molecule has 0 spiro atoms. The molecule has 0 saturated heterocycles. The van der Waals surface area contributed by atoms with Crippen molar-refractivity contribution in [2.75, 3.05) is 6.61 Å². The van der Waals surface area contributed by atoms with Crippen LogP contribution in [0.15, 0.2) is 6.07 Å². The smallest absolute Gasteiger partial charge is 0.307 e. The zero-order chi connectivity index (χ0) is 24.7. The molecule has 4 rings (SSSR count). The number of carboxylic acids is 1. The van der Waals surface area contributed by atoms with Gasteiger partial charge in [0.15, 0.2) is 17.1 Å². The third-order valence-corrected chi connectivity index (χ3v) is 7.05. The number of aliphatic hydroxyl groups is 1. The average Bonchev–Trinajstić information content (AvgIpc) is 3.10. The second kappa shape index (κ2) is 9.52. The Balaban J connectivity index is 0.000000555. The first-order valence-electron chi connectivity index (χ1n) is 11.1. The molecule has 2 aliphatic rings. The fourth-order valence-electron chi connectivity index (χ4n) is 4.57. The summed E-state index contributed by atoms with van der Waals surface area (Å²) in [6.07, 6.45) is 2.05. The quantitative estimate of drug-likeness (QED) is 0.576. The van der Waals surface area contributed by atoms with Crippen LogP contribution >= 0.6 is 8.58 Å². The van der Waals surface area contributed by atoms with Crippen molar-refractivity contribution in [3.63, 3.8) is 0 Å². The Morgan fingerprint density at radius 2 is 1.76 bits per heavy atom. The van der Waals surface area contributed by atoms with Gasteiger partial charge in [0.2, 0.25) is 0 Å². The van der Waals surface area contributed by atoms with Crippen LogP contribution in [0.2, 0.25) is 0 Å². The van der Waals surface area contributed by atoms with Crippen molar-refractivity contribution in [1.29, 1.82) is 0 Å². The van der Waals surface area contributed by atoms with Gasteiger partial charge >= 0.3 is 5.97 Å². The molecule has 2 aromatic rings. The molecule has 1 atom stereocenters. The van der Waals surface area contributed by atoms with E-state index < -0.39 is 17.4 Å². The van der Waals surface area contributed by atoms with Gasteiger partial charge in [-0.1, -0.05) is 0 Å². The summed E-state index contributed by atoms with van der Waals surface area (Å²) in [5.41, 5.74) is 6.76. The van der Waals surface area contributed by atoms with Gasteiger partial charge in [-0.25, -0.2) is 4.39 Å². The van der Waals surface area contributed by atoms with Crippen molar-refractivity contribution < 1.29 is 28.9 Å². The number of ether oxygens (including phenoxy) is 1. The van der Waals surface area contributed by atoms with Crippen LogP contribution in [0.1, 0.15) is 70.9 Å². The summed E-state index contributed by atoms with van der Waals surface area (Å²) in [5.74, 6) is -1.05. The van der Waals surface area contributed by atoms with Crippen LogP contribution < -0.4 is 4.74 Å². The second-order valence-electron chi connectivity index (χ2n) is 9.67. The second-order valence-corrected chi connectivity index (χ2v) is 10.8. The standard InChI is InChI=1S/C22H22FO4P.C4H10O/c1-10-13-5-4-6-27-21(13)17(23)7-14(10)19-12(3)16-9-28-22(26)20(16)11(2)15(19)8-18(24)25;1-4(2,3)5/h7,28H,4-6,8-9H2,1-3H3,(H,24,25);5H,1-3H3. The molecule has 7 heteroatoms. The van der Waals surface area contributed by atoms with Crippen LogP contribution in [0.4, 0.5) is 4.39 Å². The van der Waals surface area contributed by atoms with Crippen molar-refractivity contribution in [2.45, 2.75) is 72.6 Å². The molecular weight excluding hydrogens is 442 g/mol. The van der Waals surface area contributed by atoms with Crippen molar-refractivity contribution in [3.05, 3.63) is 50.8 Å². The largest absolute Gasteiger partial charge is 0.490 e. The SMILES string of the molecule is CC(C)(C)O.Cc1c(-c2c(C)c3c(c(C)c2CC(=O)O)C(=O)PC3)cc(F)c2c1CCCO2. The van der Waals surface area contributed by atoms with Crippen LogP contribution in [-0.2, 0) is 23.8 Å². The number of rotatable bonds is 3. The number of hydrogen-bond acceptors (Lipinski definition) is 4. The summed E-state index contributed by atoms with van der Waals surface area (Å²) in [7, 11) is 0.179. The Morgan fingerprint density at radius 1 is 1.12 bits per heavy atom. The number of carboxylic acid groups (broad SMARTS) is 1. The predicted octanol–water partition coefficient (Wildman–Crippen LogP) is 5.48. The first-order valence-corrected chi connectivity index (χ1v) is 12.3. The highest BCUT2D eigenvalue weighted by molar-refractivity contribution is 7.59. The molecule has 0 radical (unpaired) electrons. The fraction of sp³-hybridized carbons (Fsp3) is 0.462. The van der Waals surface area contributed by atoms with Gasteiger partial charge < -0.3 is 14.9 Å². The van der Waals surface area contributed by atoms with Gasteiger partial charge in [-0.15, -0.1) is 0 Å². The van der Waals surface area contributed by atoms with Crippen molar-refractivity contribution >= 4 is 20.1 Å². The number of carbonyl (C=O) groups is 2. The number of carbonyl (C=O) groups excluding carboxylic acids is 1. The fourth-order valence-corrected chi connectivity index (χ4v) is 5.86. The van der Waals surface area contributed by atoms with E-state index in [0.717, 1.165) is 46.2 Å². The molecule has 0 amide bonds. The molecule has 1 unspecified atom stereocenters. The van der Waals surface area contributed by atoms with Gasteiger partial charge in [-0.2, -0.15) is 0 Å². The van der Waals surface area contributed by atoms with E-state index in [2.05, 4.69) is 0 Å². The normalized spacial score (nSPS) is 15.5. The van der Waals surface area contributed by atoms with Gasteiger partial charge in [0.1, 0.15) is 0 Å². The molecule has 33 heavy (non-hydrogen) atoms. The van der Waals surface area contributed by atoms with E-state index >= 15 is 0 Å². The van der Waals surface area contributed by atoms with Crippen LogP contribution in [0.3, 0.4) is 0 Å². The molecule has 0 bridgehead atoms. The van der Waals surface area contributed by atoms with Crippen molar-refractivity contribution in [3.8, 4) is 16.9 Å². The topological polar surface area (TPSA) is 83.8 Å². The third-order valence-electron chi connectivity index (χ3n) is 5.95. The van der Waals surface area contributed by atoms with Crippen LogP contribution in [0.25, 0.3) is 11.1 Å². The van der Waals surface area contributed by atoms with E-state index in [1.165, 1.54) is 6.07 Å². The summed E-state index contributed by atoms with van der Waals surface area (Å²) in [6.45, 7) is 11.4. The molecule has 0 aromatic heterocycles. The van der Waals surface area contributed by atoms with Crippen LogP contribution in [0.5, 0.6) is 5.75 Å². The van der Waals surface area contributed by atoms with E-state index in [1.807, 2.05) is 20.8 Å². The number of halogens is 1. The van der Waals surface area contributed by atoms with Crippen molar-refractivity contribution in [2.24, 2.45) is 0 Å². The molecule has 2 aliphatic heterocycles. The average molecular weight is 475 g/mol.